The van der Waals surface area contributed by atoms with E-state index in [9.17, 15) is 18.0 Å². The van der Waals surface area contributed by atoms with Gasteiger partial charge in [0, 0.05) is 12.1 Å². The highest BCUT2D eigenvalue weighted by Gasteiger charge is 2.59. The fourth-order valence-corrected chi connectivity index (χ4v) is 6.96. The second-order valence-electron chi connectivity index (χ2n) is 8.71. The summed E-state index contributed by atoms with van der Waals surface area (Å²) in [6.45, 7) is 4.33. The van der Waals surface area contributed by atoms with Gasteiger partial charge in [-0.25, -0.2) is 18.1 Å². The molecule has 26 heavy (non-hydrogen) atoms. The molecule has 4 rings (SSSR count). The van der Waals surface area contributed by atoms with Crippen molar-refractivity contribution in [1.82, 2.24) is 15.1 Å². The molecule has 2 aliphatic heterocycles. The van der Waals surface area contributed by atoms with Crippen molar-refractivity contribution in [2.75, 3.05) is 18.2 Å². The van der Waals surface area contributed by atoms with Crippen LogP contribution < -0.4 is 5.32 Å². The molecule has 3 amide bonds. The van der Waals surface area contributed by atoms with Gasteiger partial charge in [-0.15, -0.1) is 0 Å². The molecule has 1 N–H and O–H groups in total. The van der Waals surface area contributed by atoms with Gasteiger partial charge in [-0.3, -0.25) is 9.69 Å². The number of urea groups is 1. The molecular weight excluding hydrogens is 354 g/mol. The number of carbonyl (C=O) groups is 2. The number of carbonyl (C=O) groups excluding carboxylic acids is 2. The predicted molar refractivity (Wildman–Crippen MR) is 97.1 cm³/mol. The quantitative estimate of drug-likeness (QED) is 0.741. The van der Waals surface area contributed by atoms with Crippen LogP contribution in [-0.2, 0) is 14.6 Å². The Balaban J connectivity index is 1.55. The summed E-state index contributed by atoms with van der Waals surface area (Å²) in [7, 11) is -3.00. The van der Waals surface area contributed by atoms with Crippen molar-refractivity contribution in [1.29, 1.82) is 0 Å². The predicted octanol–water partition coefficient (Wildman–Crippen LogP) is 1.34. The molecule has 0 aromatic carbocycles. The van der Waals surface area contributed by atoms with Crippen molar-refractivity contribution in [3.05, 3.63) is 0 Å². The number of hydrogen-bond acceptors (Lipinski definition) is 5. The first kappa shape index (κ1) is 18.2. The molecule has 0 unspecified atom stereocenters. The zero-order chi connectivity index (χ0) is 18.7. The van der Waals surface area contributed by atoms with Gasteiger partial charge in [0.05, 0.1) is 18.2 Å². The van der Waals surface area contributed by atoms with Gasteiger partial charge in [-0.05, 0) is 43.9 Å². The number of imide groups is 1. The SMILES string of the molecule is C[C@@H]1CCC[C@@H](C)C12NC(=O)N(CN(C1CC1)[C@@H]1CCS(=O)(=O)C1)C2=O. The van der Waals surface area contributed by atoms with Gasteiger partial charge in [-0.2, -0.15) is 0 Å². The van der Waals surface area contributed by atoms with Gasteiger partial charge < -0.3 is 5.32 Å². The summed E-state index contributed by atoms with van der Waals surface area (Å²) < 4.78 is 23.8. The molecule has 8 heteroatoms. The Morgan fingerprint density at radius 2 is 1.73 bits per heavy atom. The molecule has 0 aromatic heterocycles. The minimum absolute atomic E-state index is 0.0779. The molecule has 0 bridgehead atoms. The van der Waals surface area contributed by atoms with Crippen LogP contribution in [0.2, 0.25) is 0 Å². The van der Waals surface area contributed by atoms with Crippen LogP contribution in [0.4, 0.5) is 4.79 Å². The molecule has 2 saturated heterocycles. The number of nitrogens with zero attached hydrogens (tertiary/aromatic N) is 2. The van der Waals surface area contributed by atoms with Gasteiger partial charge >= 0.3 is 6.03 Å². The van der Waals surface area contributed by atoms with E-state index in [1.807, 2.05) is 0 Å². The number of sulfone groups is 1. The smallest absolute Gasteiger partial charge is 0.323 e. The number of amides is 3. The summed E-state index contributed by atoms with van der Waals surface area (Å²) in [5, 5.41) is 3.03. The van der Waals surface area contributed by atoms with Crippen molar-refractivity contribution in [2.24, 2.45) is 11.8 Å². The van der Waals surface area contributed by atoms with Crippen LogP contribution in [0, 0.1) is 11.8 Å². The summed E-state index contributed by atoms with van der Waals surface area (Å²) >= 11 is 0. The lowest BCUT2D eigenvalue weighted by Gasteiger charge is -2.42. The molecule has 7 nitrogen and oxygen atoms in total. The maximum atomic E-state index is 13.3. The summed E-state index contributed by atoms with van der Waals surface area (Å²) in [6, 6.07) is -0.0976. The summed E-state index contributed by atoms with van der Waals surface area (Å²) in [5.74, 6) is 0.473. The van der Waals surface area contributed by atoms with E-state index in [-0.39, 0.29) is 48.0 Å². The molecule has 4 fully saturated rings. The highest BCUT2D eigenvalue weighted by molar-refractivity contribution is 7.91. The Hall–Kier alpha value is -1.15. The van der Waals surface area contributed by atoms with Gasteiger partial charge in [0.1, 0.15) is 5.54 Å². The first-order chi connectivity index (χ1) is 12.2. The zero-order valence-electron chi connectivity index (χ0n) is 15.6. The molecule has 146 valence electrons. The standard InChI is InChI=1S/C18H29N3O4S/c1-12-4-3-5-13(2)18(12)16(22)21(17(23)19-18)11-20(14-6-7-14)15-8-9-26(24,25)10-15/h12-15H,3-11H2,1-2H3,(H,19,23)/t12-,13-,15-/m1/s1. The average Bonchev–Trinajstić information content (AvgIpc) is 3.29. The third kappa shape index (κ3) is 2.85. The van der Waals surface area contributed by atoms with Gasteiger partial charge in [-0.1, -0.05) is 20.3 Å². The fraction of sp³-hybridized carbons (Fsp3) is 0.889. The minimum atomic E-state index is -3.00. The minimum Gasteiger partial charge on any atom is -0.323 e. The van der Waals surface area contributed by atoms with Crippen LogP contribution >= 0.6 is 0 Å². The second-order valence-corrected chi connectivity index (χ2v) is 10.9. The van der Waals surface area contributed by atoms with Gasteiger partial charge in [0.25, 0.3) is 5.91 Å². The third-order valence-corrected chi connectivity index (χ3v) is 8.74. The van der Waals surface area contributed by atoms with E-state index in [4.69, 9.17) is 0 Å². The van der Waals surface area contributed by atoms with Crippen LogP contribution in [0.25, 0.3) is 0 Å². The lowest BCUT2D eigenvalue weighted by molar-refractivity contribution is -0.138. The molecule has 0 radical (unpaired) electrons. The summed E-state index contributed by atoms with van der Waals surface area (Å²) in [6.07, 6.45) is 5.59. The van der Waals surface area contributed by atoms with Gasteiger partial charge in [0.15, 0.2) is 9.84 Å². The second kappa shape index (κ2) is 6.19. The zero-order valence-corrected chi connectivity index (χ0v) is 16.4. The molecule has 2 aliphatic carbocycles. The Labute approximate surface area is 155 Å². The highest BCUT2D eigenvalue weighted by Crippen LogP contribution is 2.42. The van der Waals surface area contributed by atoms with Crippen LogP contribution in [0.5, 0.6) is 0 Å². The van der Waals surface area contributed by atoms with Crippen LogP contribution in [-0.4, -0.2) is 66.0 Å². The average molecular weight is 384 g/mol. The Kier molecular flexibility index (Phi) is 4.34. The van der Waals surface area contributed by atoms with Crippen molar-refractivity contribution in [3.63, 3.8) is 0 Å². The molecule has 2 heterocycles. The van der Waals surface area contributed by atoms with E-state index in [0.717, 1.165) is 32.1 Å². The number of rotatable bonds is 4. The van der Waals surface area contributed by atoms with E-state index in [2.05, 4.69) is 24.1 Å². The Morgan fingerprint density at radius 3 is 2.27 bits per heavy atom. The largest absolute Gasteiger partial charge is 0.326 e. The normalized spacial score (nSPS) is 36.1. The van der Waals surface area contributed by atoms with Crippen LogP contribution in [0.3, 0.4) is 0 Å². The van der Waals surface area contributed by atoms with Crippen molar-refractivity contribution >= 4 is 21.8 Å². The van der Waals surface area contributed by atoms with E-state index >= 15 is 0 Å². The van der Waals surface area contributed by atoms with E-state index in [0.29, 0.717) is 12.5 Å². The van der Waals surface area contributed by atoms with E-state index in [1.54, 1.807) is 0 Å². The maximum absolute atomic E-state index is 13.3. The Morgan fingerprint density at radius 1 is 1.08 bits per heavy atom. The fourth-order valence-electron chi connectivity index (χ4n) is 5.22. The van der Waals surface area contributed by atoms with E-state index in [1.165, 1.54) is 4.90 Å². The summed E-state index contributed by atoms with van der Waals surface area (Å²) in [4.78, 5) is 29.5. The third-order valence-electron chi connectivity index (χ3n) is 6.98. The maximum Gasteiger partial charge on any atom is 0.326 e. The van der Waals surface area contributed by atoms with Crippen LogP contribution in [0.15, 0.2) is 0 Å². The number of hydrogen-bond donors (Lipinski definition) is 1. The summed E-state index contributed by atoms with van der Waals surface area (Å²) in [5.41, 5.74) is -0.785. The number of nitrogens with one attached hydrogen (secondary N) is 1. The molecular formula is C18H29N3O4S. The lowest BCUT2D eigenvalue weighted by Crippen LogP contribution is -2.59. The van der Waals surface area contributed by atoms with Crippen molar-refractivity contribution in [3.8, 4) is 0 Å². The van der Waals surface area contributed by atoms with Gasteiger partial charge in [0.2, 0.25) is 0 Å². The highest BCUT2D eigenvalue weighted by atomic mass is 32.2. The first-order valence-electron chi connectivity index (χ1n) is 9.85. The molecule has 0 aromatic rings. The molecule has 2 saturated carbocycles. The topological polar surface area (TPSA) is 86.8 Å². The van der Waals surface area contributed by atoms with Crippen molar-refractivity contribution < 1.29 is 18.0 Å². The molecule has 1 spiro atoms. The van der Waals surface area contributed by atoms with Crippen molar-refractivity contribution in [2.45, 2.75) is 70.0 Å². The molecule has 3 atom stereocenters. The first-order valence-corrected chi connectivity index (χ1v) is 11.7. The Bertz CT molecular complexity index is 708. The van der Waals surface area contributed by atoms with E-state index < -0.39 is 15.4 Å². The molecule has 4 aliphatic rings. The monoisotopic (exact) mass is 383 g/mol. The van der Waals surface area contributed by atoms with Crippen LogP contribution in [0.1, 0.15) is 52.4 Å². The lowest BCUT2D eigenvalue weighted by atomic mass is 9.67.